The molecule has 3 aromatic rings. The summed E-state index contributed by atoms with van der Waals surface area (Å²) < 4.78 is 19.2. The highest BCUT2D eigenvalue weighted by atomic mass is 35.5. The number of amides is 1. The number of hydrogen-bond donors (Lipinski definition) is 1. The van der Waals surface area contributed by atoms with Crippen LogP contribution in [0.1, 0.15) is 25.0 Å². The normalized spacial score (nSPS) is 18.3. The molecule has 1 saturated heterocycles. The third kappa shape index (κ3) is 6.74. The lowest BCUT2D eigenvalue weighted by atomic mass is 10.1. The summed E-state index contributed by atoms with van der Waals surface area (Å²) in [7, 11) is 0. The second-order valence-corrected chi connectivity index (χ2v) is 9.50. The fraction of sp³-hybridized carbons (Fsp3) is 0.321. The molecule has 1 amide bonds. The first-order valence-electron chi connectivity index (χ1n) is 11.9. The SMILES string of the molecule is C[C@@H]1CN(Cc2ccc(F)cc2)[C@@H](C)CN1C(=O)COc1ccc(Cl)cc1CNc1ccccc1. The van der Waals surface area contributed by atoms with E-state index < -0.39 is 0 Å². The summed E-state index contributed by atoms with van der Waals surface area (Å²) in [5.41, 5.74) is 2.95. The van der Waals surface area contributed by atoms with Gasteiger partial charge in [-0.25, -0.2) is 4.39 Å². The number of carbonyl (C=O) groups excluding carboxylic acids is 1. The van der Waals surface area contributed by atoms with Gasteiger partial charge in [-0.1, -0.05) is 41.9 Å². The fourth-order valence-electron chi connectivity index (χ4n) is 4.39. The Morgan fingerprint density at radius 2 is 1.77 bits per heavy atom. The van der Waals surface area contributed by atoms with Gasteiger partial charge in [-0.15, -0.1) is 0 Å². The lowest BCUT2D eigenvalue weighted by Gasteiger charge is -2.44. The third-order valence-corrected chi connectivity index (χ3v) is 6.60. The topological polar surface area (TPSA) is 44.8 Å². The molecule has 35 heavy (non-hydrogen) atoms. The molecule has 3 aromatic carbocycles. The molecule has 1 N–H and O–H groups in total. The van der Waals surface area contributed by atoms with E-state index in [1.807, 2.05) is 59.5 Å². The molecule has 7 heteroatoms. The Morgan fingerprint density at radius 1 is 1.03 bits per heavy atom. The number of nitrogens with zero attached hydrogens (tertiary/aromatic N) is 2. The second-order valence-electron chi connectivity index (χ2n) is 9.06. The van der Waals surface area contributed by atoms with Gasteiger partial charge in [0, 0.05) is 54.5 Å². The molecular formula is C28H31ClFN3O2. The molecule has 5 nitrogen and oxygen atoms in total. The molecule has 184 valence electrons. The number of rotatable bonds is 8. The van der Waals surface area contributed by atoms with Crippen molar-refractivity contribution in [3.63, 3.8) is 0 Å². The Morgan fingerprint density at radius 3 is 2.51 bits per heavy atom. The quantitative estimate of drug-likeness (QED) is 0.442. The number of para-hydroxylation sites is 1. The van der Waals surface area contributed by atoms with Crippen LogP contribution in [0.25, 0.3) is 0 Å². The zero-order valence-corrected chi connectivity index (χ0v) is 20.8. The van der Waals surface area contributed by atoms with Gasteiger partial charge >= 0.3 is 0 Å². The van der Waals surface area contributed by atoms with Crippen molar-refractivity contribution in [2.24, 2.45) is 0 Å². The van der Waals surface area contributed by atoms with Gasteiger partial charge in [0.05, 0.1) is 0 Å². The highest BCUT2D eigenvalue weighted by molar-refractivity contribution is 6.30. The molecule has 2 atom stereocenters. The number of nitrogens with one attached hydrogen (secondary N) is 1. The summed E-state index contributed by atoms with van der Waals surface area (Å²) in [5, 5.41) is 3.98. The first-order chi connectivity index (χ1) is 16.9. The predicted octanol–water partition coefficient (Wildman–Crippen LogP) is 5.59. The molecule has 0 spiro atoms. The lowest BCUT2D eigenvalue weighted by Crippen LogP contribution is -2.58. The van der Waals surface area contributed by atoms with E-state index in [2.05, 4.69) is 24.1 Å². The van der Waals surface area contributed by atoms with E-state index in [1.54, 1.807) is 6.07 Å². The van der Waals surface area contributed by atoms with Gasteiger partial charge in [-0.3, -0.25) is 9.69 Å². The summed E-state index contributed by atoms with van der Waals surface area (Å²) in [6, 6.07) is 22.2. The van der Waals surface area contributed by atoms with Crippen molar-refractivity contribution in [3.8, 4) is 5.75 Å². The molecule has 1 heterocycles. The van der Waals surface area contributed by atoms with Crippen molar-refractivity contribution in [2.45, 2.75) is 39.0 Å². The summed E-state index contributed by atoms with van der Waals surface area (Å²) in [4.78, 5) is 17.3. The highest BCUT2D eigenvalue weighted by Crippen LogP contribution is 2.25. The molecule has 0 aliphatic carbocycles. The molecule has 1 aliphatic heterocycles. The molecule has 0 bridgehead atoms. The number of piperazine rings is 1. The third-order valence-electron chi connectivity index (χ3n) is 6.36. The number of carbonyl (C=O) groups is 1. The Kier molecular flexibility index (Phi) is 8.26. The van der Waals surface area contributed by atoms with Crippen molar-refractivity contribution in [2.75, 3.05) is 25.0 Å². The average molecular weight is 496 g/mol. The van der Waals surface area contributed by atoms with Crippen molar-refractivity contribution < 1.29 is 13.9 Å². The van der Waals surface area contributed by atoms with E-state index in [0.717, 1.165) is 29.9 Å². The Bertz CT molecular complexity index is 1130. The molecule has 1 fully saturated rings. The predicted molar refractivity (Wildman–Crippen MR) is 138 cm³/mol. The van der Waals surface area contributed by atoms with Crippen molar-refractivity contribution in [1.29, 1.82) is 0 Å². The van der Waals surface area contributed by atoms with Crippen LogP contribution in [0.3, 0.4) is 0 Å². The minimum Gasteiger partial charge on any atom is -0.483 e. The molecule has 4 rings (SSSR count). The van der Waals surface area contributed by atoms with Gasteiger partial charge < -0.3 is 15.0 Å². The Hall–Kier alpha value is -3.09. The van der Waals surface area contributed by atoms with Crippen LogP contribution in [0.2, 0.25) is 5.02 Å². The zero-order valence-electron chi connectivity index (χ0n) is 20.1. The van der Waals surface area contributed by atoms with Crippen molar-refractivity contribution in [1.82, 2.24) is 9.80 Å². The van der Waals surface area contributed by atoms with Gasteiger partial charge in [0.25, 0.3) is 5.91 Å². The van der Waals surface area contributed by atoms with Gasteiger partial charge in [-0.05, 0) is 61.9 Å². The largest absolute Gasteiger partial charge is 0.483 e. The first-order valence-corrected chi connectivity index (χ1v) is 12.2. The van der Waals surface area contributed by atoms with E-state index in [9.17, 15) is 9.18 Å². The first kappa shape index (κ1) is 25.0. The lowest BCUT2D eigenvalue weighted by molar-refractivity contribution is -0.139. The number of anilines is 1. The van der Waals surface area contributed by atoms with E-state index in [-0.39, 0.29) is 30.4 Å². The molecule has 0 radical (unpaired) electrons. The standard InChI is InChI=1S/C28H31ClFN3O2/c1-20-17-33(21(2)16-32(20)18-22-8-11-25(30)12-9-22)28(34)19-35-27-13-10-24(29)14-23(27)15-31-26-6-4-3-5-7-26/h3-14,20-21,31H,15-19H2,1-2H3/t20-,21+/m0/s1. The average Bonchev–Trinajstić information content (AvgIpc) is 2.86. The summed E-state index contributed by atoms with van der Waals surface area (Å²) in [5.74, 6) is 0.370. The van der Waals surface area contributed by atoms with Gasteiger partial charge in [0.2, 0.25) is 0 Å². The van der Waals surface area contributed by atoms with Gasteiger partial charge in [-0.2, -0.15) is 0 Å². The van der Waals surface area contributed by atoms with Gasteiger partial charge in [0.15, 0.2) is 6.61 Å². The minimum absolute atomic E-state index is 0.0327. The number of benzene rings is 3. The summed E-state index contributed by atoms with van der Waals surface area (Å²) in [6.07, 6.45) is 0. The van der Waals surface area contributed by atoms with Gasteiger partial charge in [0.1, 0.15) is 11.6 Å². The van der Waals surface area contributed by atoms with Crippen LogP contribution in [0.5, 0.6) is 5.75 Å². The summed E-state index contributed by atoms with van der Waals surface area (Å²) in [6.45, 7) is 6.76. The molecular weight excluding hydrogens is 465 g/mol. The highest BCUT2D eigenvalue weighted by Gasteiger charge is 2.32. The maximum Gasteiger partial charge on any atom is 0.260 e. The molecule has 0 aromatic heterocycles. The Balaban J connectivity index is 1.34. The van der Waals surface area contributed by atoms with Crippen LogP contribution in [-0.2, 0) is 17.9 Å². The maximum atomic E-state index is 13.2. The number of hydrogen-bond acceptors (Lipinski definition) is 4. The molecule has 0 unspecified atom stereocenters. The number of ether oxygens (including phenoxy) is 1. The monoisotopic (exact) mass is 495 g/mol. The van der Waals surface area contributed by atoms with E-state index in [0.29, 0.717) is 23.9 Å². The van der Waals surface area contributed by atoms with E-state index in [4.69, 9.17) is 16.3 Å². The van der Waals surface area contributed by atoms with Crippen LogP contribution in [0.4, 0.5) is 10.1 Å². The van der Waals surface area contributed by atoms with Crippen LogP contribution >= 0.6 is 11.6 Å². The maximum absolute atomic E-state index is 13.2. The van der Waals surface area contributed by atoms with Crippen LogP contribution in [0, 0.1) is 5.82 Å². The Labute approximate surface area is 211 Å². The minimum atomic E-state index is -0.231. The molecule has 1 aliphatic rings. The summed E-state index contributed by atoms with van der Waals surface area (Å²) >= 11 is 6.22. The fourth-order valence-corrected chi connectivity index (χ4v) is 4.59. The second kappa shape index (κ2) is 11.6. The molecule has 0 saturated carbocycles. The van der Waals surface area contributed by atoms with E-state index >= 15 is 0 Å². The van der Waals surface area contributed by atoms with Crippen LogP contribution < -0.4 is 10.1 Å². The smallest absolute Gasteiger partial charge is 0.260 e. The van der Waals surface area contributed by atoms with Crippen LogP contribution in [0.15, 0.2) is 72.8 Å². The van der Waals surface area contributed by atoms with Crippen LogP contribution in [-0.4, -0.2) is 47.5 Å². The van der Waals surface area contributed by atoms with Crippen molar-refractivity contribution >= 4 is 23.2 Å². The number of halogens is 2. The zero-order chi connectivity index (χ0) is 24.8. The van der Waals surface area contributed by atoms with Crippen molar-refractivity contribution in [3.05, 3.63) is 94.8 Å². The van der Waals surface area contributed by atoms with E-state index in [1.165, 1.54) is 12.1 Å².